The highest BCUT2D eigenvalue weighted by molar-refractivity contribution is 5.91. The summed E-state index contributed by atoms with van der Waals surface area (Å²) in [7, 11) is 0. The smallest absolute Gasteiger partial charge is 0.408 e. The average molecular weight is 422 g/mol. The van der Waals surface area contributed by atoms with Gasteiger partial charge in [-0.05, 0) is 78.1 Å². The molecule has 3 amide bonds. The van der Waals surface area contributed by atoms with Crippen molar-refractivity contribution in [1.82, 2.24) is 10.2 Å². The van der Waals surface area contributed by atoms with Crippen LogP contribution >= 0.6 is 0 Å². The monoisotopic (exact) mass is 421 g/mol. The van der Waals surface area contributed by atoms with E-state index >= 15 is 0 Å². The minimum atomic E-state index is -0.704. The lowest BCUT2D eigenvalue weighted by molar-refractivity contribution is -0.139. The van der Waals surface area contributed by atoms with E-state index in [1.54, 1.807) is 20.8 Å². The number of amides is 3. The molecule has 0 aromatic rings. The van der Waals surface area contributed by atoms with Gasteiger partial charge in [0.25, 0.3) is 0 Å². The van der Waals surface area contributed by atoms with E-state index in [0.29, 0.717) is 19.4 Å². The molecule has 3 N–H and O–H groups in total. The fourth-order valence-electron chi connectivity index (χ4n) is 3.78. The molecule has 30 heavy (non-hydrogen) atoms. The first-order chi connectivity index (χ1) is 14.2. The number of alkyl carbamates (subject to hydrolysis) is 1. The molecule has 2 atom stereocenters. The van der Waals surface area contributed by atoms with Crippen molar-refractivity contribution in [2.24, 2.45) is 11.7 Å². The van der Waals surface area contributed by atoms with Crippen molar-refractivity contribution < 1.29 is 19.1 Å². The molecule has 2 aliphatic rings. The first-order valence-corrected chi connectivity index (χ1v) is 11.4. The molecule has 1 saturated carbocycles. The van der Waals surface area contributed by atoms with Gasteiger partial charge in [-0.3, -0.25) is 9.59 Å². The van der Waals surface area contributed by atoms with Crippen LogP contribution in [0.15, 0.2) is 12.2 Å². The molecule has 7 nitrogen and oxygen atoms in total. The second-order valence-electron chi connectivity index (χ2n) is 9.58. The lowest BCUT2D eigenvalue weighted by atomic mass is 10.0. The lowest BCUT2D eigenvalue weighted by Crippen LogP contribution is -2.53. The molecule has 7 heteroatoms. The van der Waals surface area contributed by atoms with Crippen LogP contribution in [-0.2, 0) is 14.3 Å². The van der Waals surface area contributed by atoms with Crippen LogP contribution in [0.4, 0.5) is 4.79 Å². The molecule has 1 saturated heterocycles. The topological polar surface area (TPSA) is 102 Å². The van der Waals surface area contributed by atoms with E-state index in [0.717, 1.165) is 38.0 Å². The molecular formula is C23H39N3O4. The van der Waals surface area contributed by atoms with Crippen LogP contribution in [0, 0.1) is 5.92 Å². The van der Waals surface area contributed by atoms with Crippen LogP contribution in [0.1, 0.15) is 85.0 Å². The molecule has 0 aromatic carbocycles. The summed E-state index contributed by atoms with van der Waals surface area (Å²) >= 11 is 0. The summed E-state index contributed by atoms with van der Waals surface area (Å²) < 4.78 is 5.33. The summed E-state index contributed by atoms with van der Waals surface area (Å²) in [5, 5.41) is 2.72. The molecule has 2 fully saturated rings. The molecule has 0 bridgehead atoms. The van der Waals surface area contributed by atoms with Gasteiger partial charge >= 0.3 is 6.09 Å². The predicted molar refractivity (Wildman–Crippen MR) is 117 cm³/mol. The van der Waals surface area contributed by atoms with Crippen LogP contribution < -0.4 is 11.1 Å². The molecule has 1 aliphatic heterocycles. The summed E-state index contributed by atoms with van der Waals surface area (Å²) in [6.07, 6.45) is 13.6. The van der Waals surface area contributed by atoms with Crippen LogP contribution in [0.2, 0.25) is 0 Å². The Morgan fingerprint density at radius 3 is 2.50 bits per heavy atom. The number of ether oxygens (including phenoxy) is 1. The van der Waals surface area contributed by atoms with Crippen molar-refractivity contribution in [3.05, 3.63) is 12.2 Å². The number of carbonyl (C=O) groups is 3. The minimum absolute atomic E-state index is 0.244. The number of nitrogens with one attached hydrogen (secondary N) is 1. The molecule has 0 unspecified atom stereocenters. The second-order valence-corrected chi connectivity index (χ2v) is 9.58. The van der Waals surface area contributed by atoms with Gasteiger partial charge in [0.2, 0.25) is 11.8 Å². The Bertz CT molecular complexity index is 622. The van der Waals surface area contributed by atoms with Crippen molar-refractivity contribution in [2.75, 3.05) is 6.54 Å². The molecule has 0 spiro atoms. The first kappa shape index (κ1) is 24.2. The second kappa shape index (κ2) is 11.4. The normalized spacial score (nSPS) is 20.4. The summed E-state index contributed by atoms with van der Waals surface area (Å²) in [6, 6.07) is -1.29. The summed E-state index contributed by atoms with van der Waals surface area (Å²) in [5.74, 6) is 0.183. The van der Waals surface area contributed by atoms with E-state index in [4.69, 9.17) is 10.5 Å². The van der Waals surface area contributed by atoms with Gasteiger partial charge in [0, 0.05) is 6.54 Å². The maximum Gasteiger partial charge on any atom is 0.408 e. The molecule has 170 valence electrons. The zero-order chi connectivity index (χ0) is 22.1. The van der Waals surface area contributed by atoms with Crippen LogP contribution in [-0.4, -0.2) is 47.0 Å². The third-order valence-corrected chi connectivity index (χ3v) is 5.55. The number of rotatable bonds is 11. The fraction of sp³-hybridized carbons (Fsp3) is 0.783. The van der Waals surface area contributed by atoms with Crippen LogP contribution in [0.3, 0.4) is 0 Å². The minimum Gasteiger partial charge on any atom is -0.444 e. The summed E-state index contributed by atoms with van der Waals surface area (Å²) in [4.78, 5) is 38.5. The van der Waals surface area contributed by atoms with E-state index in [2.05, 4.69) is 17.5 Å². The molecule has 0 radical (unpaired) electrons. The highest BCUT2D eigenvalue weighted by Gasteiger charge is 2.36. The fourth-order valence-corrected chi connectivity index (χ4v) is 3.78. The van der Waals surface area contributed by atoms with E-state index in [1.807, 2.05) is 0 Å². The molecule has 2 rings (SSSR count). The Morgan fingerprint density at radius 2 is 1.87 bits per heavy atom. The third kappa shape index (κ3) is 8.76. The number of primary amides is 1. The van der Waals surface area contributed by atoms with Gasteiger partial charge < -0.3 is 20.7 Å². The zero-order valence-corrected chi connectivity index (χ0v) is 18.8. The molecular weight excluding hydrogens is 382 g/mol. The number of likely N-dealkylation sites (tertiary alicyclic amines) is 1. The zero-order valence-electron chi connectivity index (χ0n) is 18.8. The Morgan fingerprint density at radius 1 is 1.13 bits per heavy atom. The Hall–Kier alpha value is -2.05. The number of carbonyl (C=O) groups excluding carboxylic acids is 3. The van der Waals surface area contributed by atoms with Crippen LogP contribution in [0.5, 0.6) is 0 Å². The highest BCUT2D eigenvalue weighted by atomic mass is 16.6. The van der Waals surface area contributed by atoms with Gasteiger partial charge in [-0.15, -0.1) is 0 Å². The number of nitrogens with zero attached hydrogens (tertiary/aromatic N) is 1. The van der Waals surface area contributed by atoms with Crippen molar-refractivity contribution in [2.45, 2.75) is 103 Å². The lowest BCUT2D eigenvalue weighted by Gasteiger charge is -2.28. The number of nitrogens with two attached hydrogens (primary N) is 1. The third-order valence-electron chi connectivity index (χ3n) is 5.55. The predicted octanol–water partition coefficient (Wildman–Crippen LogP) is 3.66. The SMILES string of the molecule is CC(C)(C)OC(=O)N[C@@H](CCCCC/C=C\CC1CC1)C(=O)N1CCC[C@H]1C(N)=O. The highest BCUT2D eigenvalue weighted by Crippen LogP contribution is 2.32. The van der Waals surface area contributed by atoms with E-state index in [1.165, 1.54) is 24.2 Å². The van der Waals surface area contributed by atoms with Gasteiger partial charge in [-0.25, -0.2) is 4.79 Å². The standard InChI is InChI=1S/C23H39N3O4/c1-23(2,3)30-22(29)25-18(21(28)26-16-10-13-19(26)20(24)27)12-9-7-5-4-6-8-11-17-14-15-17/h6,8,17-19H,4-5,7,9-16H2,1-3H3,(H2,24,27)(H,25,29)/b8-6-/t18-,19-/m0/s1. The molecule has 0 aromatic heterocycles. The summed E-state index contributed by atoms with van der Waals surface area (Å²) in [6.45, 7) is 5.84. The van der Waals surface area contributed by atoms with Gasteiger partial charge in [0.05, 0.1) is 0 Å². The number of hydrogen-bond donors (Lipinski definition) is 2. The number of hydrogen-bond acceptors (Lipinski definition) is 4. The maximum atomic E-state index is 13.1. The van der Waals surface area contributed by atoms with E-state index in [-0.39, 0.29) is 5.91 Å². The maximum absolute atomic E-state index is 13.1. The van der Waals surface area contributed by atoms with Crippen molar-refractivity contribution >= 4 is 17.9 Å². The largest absolute Gasteiger partial charge is 0.444 e. The average Bonchev–Trinajstić information content (AvgIpc) is 3.33. The van der Waals surface area contributed by atoms with E-state index in [9.17, 15) is 14.4 Å². The van der Waals surface area contributed by atoms with Gasteiger partial charge in [0.15, 0.2) is 0 Å². The Labute approximate surface area is 180 Å². The first-order valence-electron chi connectivity index (χ1n) is 11.4. The number of allylic oxidation sites excluding steroid dienone is 2. The van der Waals surface area contributed by atoms with E-state index < -0.39 is 29.7 Å². The van der Waals surface area contributed by atoms with Gasteiger partial charge in [-0.1, -0.05) is 25.0 Å². The molecule has 1 aliphatic carbocycles. The quantitative estimate of drug-likeness (QED) is 0.392. The van der Waals surface area contributed by atoms with Crippen LogP contribution in [0.25, 0.3) is 0 Å². The van der Waals surface area contributed by atoms with Crippen molar-refractivity contribution in [3.8, 4) is 0 Å². The Kier molecular flexibility index (Phi) is 9.18. The van der Waals surface area contributed by atoms with Crippen molar-refractivity contribution in [1.29, 1.82) is 0 Å². The number of unbranched alkanes of at least 4 members (excludes halogenated alkanes) is 3. The van der Waals surface area contributed by atoms with Crippen molar-refractivity contribution in [3.63, 3.8) is 0 Å². The Balaban J connectivity index is 1.84. The summed E-state index contributed by atoms with van der Waals surface area (Å²) in [5.41, 5.74) is 4.82. The van der Waals surface area contributed by atoms with Gasteiger partial charge in [-0.2, -0.15) is 0 Å². The van der Waals surface area contributed by atoms with Gasteiger partial charge in [0.1, 0.15) is 17.7 Å². The molecule has 1 heterocycles.